The molecule has 0 saturated carbocycles. The molecule has 0 aliphatic carbocycles. The number of para-hydroxylation sites is 1. The number of hydrogen-bond donors (Lipinski definition) is 1. The van der Waals surface area contributed by atoms with Gasteiger partial charge in [0.2, 0.25) is 5.91 Å². The van der Waals surface area contributed by atoms with Crippen molar-refractivity contribution in [2.24, 2.45) is 0 Å². The molecule has 5 nitrogen and oxygen atoms in total. The lowest BCUT2D eigenvalue weighted by atomic mass is 10.3. The lowest BCUT2D eigenvalue weighted by Crippen LogP contribution is -2.23. The molecule has 2 heterocycles. The van der Waals surface area contributed by atoms with Crippen molar-refractivity contribution in [1.29, 1.82) is 0 Å². The summed E-state index contributed by atoms with van der Waals surface area (Å²) in [5.41, 5.74) is 1.70. The molecule has 0 aliphatic rings. The van der Waals surface area contributed by atoms with Gasteiger partial charge < -0.3 is 10.1 Å². The normalized spacial score (nSPS) is 10.4. The van der Waals surface area contributed by atoms with Crippen molar-refractivity contribution in [2.45, 2.75) is 19.4 Å². The zero-order valence-corrected chi connectivity index (χ0v) is 14.5. The van der Waals surface area contributed by atoms with Crippen molar-refractivity contribution in [3.05, 3.63) is 65.8 Å². The third kappa shape index (κ3) is 5.39. The Hall–Kier alpha value is -2.73. The Balaban J connectivity index is 1.37. The summed E-state index contributed by atoms with van der Waals surface area (Å²) in [5.74, 6) is 0.830. The van der Waals surface area contributed by atoms with Crippen LogP contribution in [0.4, 0.5) is 0 Å². The molecule has 2 aromatic heterocycles. The fraction of sp³-hybridized carbons (Fsp3) is 0.211. The molecule has 0 fully saturated rings. The summed E-state index contributed by atoms with van der Waals surface area (Å²) >= 11 is 1.53. The van der Waals surface area contributed by atoms with E-state index in [1.807, 2.05) is 53.9 Å². The molecule has 25 heavy (non-hydrogen) atoms. The molecule has 1 amide bonds. The van der Waals surface area contributed by atoms with Crippen LogP contribution in [-0.2, 0) is 11.3 Å². The van der Waals surface area contributed by atoms with E-state index >= 15 is 0 Å². The molecule has 0 atom stereocenters. The van der Waals surface area contributed by atoms with Crippen LogP contribution in [0.5, 0.6) is 5.75 Å². The zero-order valence-electron chi connectivity index (χ0n) is 13.7. The Morgan fingerprint density at radius 3 is 2.76 bits per heavy atom. The Kier molecular flexibility index (Phi) is 6.11. The highest BCUT2D eigenvalue weighted by molar-refractivity contribution is 7.13. The van der Waals surface area contributed by atoms with Gasteiger partial charge in [0, 0.05) is 18.0 Å². The topological polar surface area (TPSA) is 64.1 Å². The number of hydrogen-bond acceptors (Lipinski definition) is 5. The number of aromatic nitrogens is 2. The van der Waals surface area contributed by atoms with Crippen molar-refractivity contribution < 1.29 is 9.53 Å². The number of nitrogens with one attached hydrogen (secondary N) is 1. The van der Waals surface area contributed by atoms with Crippen molar-refractivity contribution >= 4 is 17.2 Å². The molecule has 0 aliphatic heterocycles. The number of carbonyl (C=O) groups excluding carboxylic acids is 1. The van der Waals surface area contributed by atoms with Gasteiger partial charge in [-0.25, -0.2) is 4.98 Å². The van der Waals surface area contributed by atoms with Crippen LogP contribution in [0.1, 0.15) is 18.5 Å². The molecular formula is C19H19N3O2S. The second-order valence-electron chi connectivity index (χ2n) is 5.40. The van der Waals surface area contributed by atoms with Gasteiger partial charge in [-0.2, -0.15) is 0 Å². The van der Waals surface area contributed by atoms with Crippen LogP contribution in [0.3, 0.4) is 0 Å². The molecule has 0 saturated heterocycles. The number of pyridine rings is 1. The Morgan fingerprint density at radius 2 is 1.96 bits per heavy atom. The van der Waals surface area contributed by atoms with E-state index in [1.165, 1.54) is 11.3 Å². The third-order valence-corrected chi connectivity index (χ3v) is 4.38. The van der Waals surface area contributed by atoms with E-state index in [1.54, 1.807) is 6.20 Å². The van der Waals surface area contributed by atoms with Gasteiger partial charge in [0.05, 0.1) is 24.5 Å². The van der Waals surface area contributed by atoms with Gasteiger partial charge in [0.25, 0.3) is 0 Å². The highest BCUT2D eigenvalue weighted by Crippen LogP contribution is 2.21. The fourth-order valence-electron chi connectivity index (χ4n) is 2.21. The second-order valence-corrected chi connectivity index (χ2v) is 6.26. The number of carbonyl (C=O) groups is 1. The van der Waals surface area contributed by atoms with E-state index in [4.69, 9.17) is 4.74 Å². The van der Waals surface area contributed by atoms with Crippen LogP contribution >= 0.6 is 11.3 Å². The summed E-state index contributed by atoms with van der Waals surface area (Å²) < 4.78 is 5.57. The Bertz CT molecular complexity index is 791. The minimum atomic E-state index is 0.00375. The predicted octanol–water partition coefficient (Wildman–Crippen LogP) is 3.68. The van der Waals surface area contributed by atoms with Gasteiger partial charge in [-0.15, -0.1) is 11.3 Å². The molecule has 128 valence electrons. The SMILES string of the molecule is O=C(CCCOc1ccccc1)NCc1csc(-c2ccccn2)n1. The number of thiazole rings is 1. The maximum atomic E-state index is 11.9. The molecule has 3 aromatic rings. The molecule has 0 unspecified atom stereocenters. The van der Waals surface area contributed by atoms with Crippen molar-refractivity contribution in [1.82, 2.24) is 15.3 Å². The van der Waals surface area contributed by atoms with Crippen LogP contribution < -0.4 is 10.1 Å². The smallest absolute Gasteiger partial charge is 0.220 e. The average Bonchev–Trinajstić information content (AvgIpc) is 3.14. The molecule has 1 aromatic carbocycles. The number of amides is 1. The highest BCUT2D eigenvalue weighted by atomic mass is 32.1. The van der Waals surface area contributed by atoms with E-state index in [0.717, 1.165) is 22.1 Å². The van der Waals surface area contributed by atoms with Gasteiger partial charge in [-0.3, -0.25) is 9.78 Å². The van der Waals surface area contributed by atoms with Crippen LogP contribution in [0.15, 0.2) is 60.1 Å². The highest BCUT2D eigenvalue weighted by Gasteiger charge is 2.07. The van der Waals surface area contributed by atoms with Crippen molar-refractivity contribution in [3.63, 3.8) is 0 Å². The molecule has 1 N–H and O–H groups in total. The maximum absolute atomic E-state index is 11.9. The number of rotatable bonds is 8. The van der Waals surface area contributed by atoms with Gasteiger partial charge in [-0.05, 0) is 30.7 Å². The van der Waals surface area contributed by atoms with Crippen molar-refractivity contribution in [2.75, 3.05) is 6.61 Å². The average molecular weight is 353 g/mol. The number of benzene rings is 1. The summed E-state index contributed by atoms with van der Waals surface area (Å²) in [7, 11) is 0. The first-order valence-corrected chi connectivity index (χ1v) is 8.99. The largest absolute Gasteiger partial charge is 0.494 e. The molecule has 0 spiro atoms. The standard InChI is InChI=1S/C19H19N3O2S/c23-18(10-6-12-24-16-7-2-1-3-8-16)21-13-15-14-25-19(22-15)17-9-4-5-11-20-17/h1-5,7-9,11,14H,6,10,12-13H2,(H,21,23). The monoisotopic (exact) mass is 353 g/mol. The molecule has 3 rings (SSSR count). The fourth-order valence-corrected chi connectivity index (χ4v) is 3.01. The summed E-state index contributed by atoms with van der Waals surface area (Å²) in [6.45, 7) is 0.958. The van der Waals surface area contributed by atoms with E-state index in [2.05, 4.69) is 15.3 Å². The van der Waals surface area contributed by atoms with E-state index in [-0.39, 0.29) is 5.91 Å². The van der Waals surface area contributed by atoms with Gasteiger partial charge in [-0.1, -0.05) is 24.3 Å². The summed E-state index contributed by atoms with van der Waals surface area (Å²) in [6, 6.07) is 15.3. The van der Waals surface area contributed by atoms with Crippen LogP contribution in [0.25, 0.3) is 10.7 Å². The predicted molar refractivity (Wildman–Crippen MR) is 98.4 cm³/mol. The summed E-state index contributed by atoms with van der Waals surface area (Å²) in [6.07, 6.45) is 2.86. The van der Waals surface area contributed by atoms with Gasteiger partial charge in [0.15, 0.2) is 0 Å². The molecular weight excluding hydrogens is 334 g/mol. The number of nitrogens with zero attached hydrogens (tertiary/aromatic N) is 2. The first-order valence-electron chi connectivity index (χ1n) is 8.11. The summed E-state index contributed by atoms with van der Waals surface area (Å²) in [4.78, 5) is 20.7. The molecule has 0 bridgehead atoms. The Morgan fingerprint density at radius 1 is 1.12 bits per heavy atom. The lowest BCUT2D eigenvalue weighted by molar-refractivity contribution is -0.121. The quantitative estimate of drug-likeness (QED) is 0.628. The first-order chi connectivity index (χ1) is 12.3. The van der Waals surface area contributed by atoms with Crippen molar-refractivity contribution in [3.8, 4) is 16.5 Å². The second kappa shape index (κ2) is 8.94. The van der Waals surface area contributed by atoms with E-state index in [9.17, 15) is 4.79 Å². The third-order valence-electron chi connectivity index (χ3n) is 3.46. The zero-order chi connectivity index (χ0) is 17.3. The Labute approximate surface area is 150 Å². The maximum Gasteiger partial charge on any atom is 0.220 e. The first kappa shape index (κ1) is 17.1. The van der Waals surface area contributed by atoms with Crippen LogP contribution in [0.2, 0.25) is 0 Å². The van der Waals surface area contributed by atoms with E-state index in [0.29, 0.717) is 26.0 Å². The summed E-state index contributed by atoms with van der Waals surface area (Å²) in [5, 5.41) is 5.70. The van der Waals surface area contributed by atoms with Gasteiger partial charge >= 0.3 is 0 Å². The van der Waals surface area contributed by atoms with Crippen LogP contribution in [0, 0.1) is 0 Å². The number of ether oxygens (including phenoxy) is 1. The molecule has 6 heteroatoms. The van der Waals surface area contributed by atoms with E-state index < -0.39 is 0 Å². The lowest BCUT2D eigenvalue weighted by Gasteiger charge is -2.06. The minimum Gasteiger partial charge on any atom is -0.494 e. The minimum absolute atomic E-state index is 0.00375. The molecule has 0 radical (unpaired) electrons. The van der Waals surface area contributed by atoms with Gasteiger partial charge in [0.1, 0.15) is 10.8 Å². The van der Waals surface area contributed by atoms with Crippen LogP contribution in [-0.4, -0.2) is 22.5 Å².